The molecule has 1 aliphatic heterocycles. The monoisotopic (exact) mass is 475 g/mol. The van der Waals surface area contributed by atoms with Gasteiger partial charge in [0.05, 0.1) is 5.69 Å². The summed E-state index contributed by atoms with van der Waals surface area (Å²) in [5.74, 6) is -1.25. The lowest BCUT2D eigenvalue weighted by atomic mass is 10.1. The van der Waals surface area contributed by atoms with Gasteiger partial charge in [-0.15, -0.1) is 18.3 Å². The van der Waals surface area contributed by atoms with Crippen LogP contribution in [0, 0.1) is 0 Å². The zero-order valence-corrected chi connectivity index (χ0v) is 17.7. The largest absolute Gasteiger partial charge is 0.573 e. The summed E-state index contributed by atoms with van der Waals surface area (Å²) in [6.07, 6.45) is -4.80. The smallest absolute Gasteiger partial charge is 0.470 e. The van der Waals surface area contributed by atoms with E-state index in [4.69, 9.17) is 16.3 Å². The summed E-state index contributed by atoms with van der Waals surface area (Å²) in [5.41, 5.74) is 1.85. The fraction of sp³-hybridized carbons (Fsp3) is 0.130. The molecule has 0 aliphatic carbocycles. The van der Waals surface area contributed by atoms with Crippen molar-refractivity contribution in [3.8, 4) is 5.75 Å². The Morgan fingerprint density at radius 3 is 2.45 bits per heavy atom. The van der Waals surface area contributed by atoms with Gasteiger partial charge < -0.3 is 14.8 Å². The van der Waals surface area contributed by atoms with Crippen LogP contribution in [0.15, 0.2) is 84.0 Å². The summed E-state index contributed by atoms with van der Waals surface area (Å²) in [4.78, 5) is 12.7. The fourth-order valence-electron chi connectivity index (χ4n) is 3.23. The third-order valence-electron chi connectivity index (χ3n) is 4.67. The third-order valence-corrected chi connectivity index (χ3v) is 4.90. The molecule has 0 bridgehead atoms. The van der Waals surface area contributed by atoms with Gasteiger partial charge in [0.15, 0.2) is 0 Å². The van der Waals surface area contributed by atoms with Gasteiger partial charge in [0.25, 0.3) is 5.90 Å². The van der Waals surface area contributed by atoms with E-state index in [9.17, 15) is 18.0 Å². The third kappa shape index (κ3) is 5.75. The van der Waals surface area contributed by atoms with Gasteiger partial charge in [0.1, 0.15) is 18.4 Å². The number of hydrazone groups is 1. The standard InChI is InChI=1S/C23H17ClF3N3O3/c24-16-7-4-8-18(13-16)30-20(15-5-2-1-3-6-15)14-32-22(29-30)21(31)28-17-9-11-19(12-10-17)33-23(25,26)27/h1-13,20H,14H2,(H,28,31). The molecular formula is C23H17ClF3N3O3. The van der Waals surface area contributed by atoms with Gasteiger partial charge in [-0.05, 0) is 48.0 Å². The number of anilines is 2. The van der Waals surface area contributed by atoms with Crippen molar-refractivity contribution >= 4 is 34.8 Å². The van der Waals surface area contributed by atoms with E-state index >= 15 is 0 Å². The summed E-state index contributed by atoms with van der Waals surface area (Å²) in [6, 6.07) is 21.0. The molecule has 170 valence electrons. The van der Waals surface area contributed by atoms with Crippen molar-refractivity contribution in [3.05, 3.63) is 89.4 Å². The molecule has 33 heavy (non-hydrogen) atoms. The molecule has 3 aromatic carbocycles. The molecule has 0 spiro atoms. The number of hydrogen-bond acceptors (Lipinski definition) is 5. The van der Waals surface area contributed by atoms with Crippen LogP contribution in [0.25, 0.3) is 0 Å². The molecule has 1 unspecified atom stereocenters. The van der Waals surface area contributed by atoms with Crippen LogP contribution in [0.1, 0.15) is 11.6 Å². The lowest BCUT2D eigenvalue weighted by Gasteiger charge is -2.33. The fourth-order valence-corrected chi connectivity index (χ4v) is 3.41. The molecule has 1 heterocycles. The van der Waals surface area contributed by atoms with Crippen LogP contribution in [0.2, 0.25) is 5.02 Å². The molecule has 0 aromatic heterocycles. The maximum absolute atomic E-state index is 12.7. The Labute approximate surface area is 192 Å². The predicted molar refractivity (Wildman–Crippen MR) is 118 cm³/mol. The Morgan fingerprint density at radius 1 is 1.06 bits per heavy atom. The molecule has 0 radical (unpaired) electrons. The summed E-state index contributed by atoms with van der Waals surface area (Å²) in [7, 11) is 0. The molecule has 4 rings (SSSR count). The second-order valence-electron chi connectivity index (χ2n) is 6.99. The molecule has 0 saturated heterocycles. The molecule has 1 amide bonds. The minimum atomic E-state index is -4.80. The van der Waals surface area contributed by atoms with Crippen molar-refractivity contribution in [2.24, 2.45) is 5.10 Å². The highest BCUT2D eigenvalue weighted by molar-refractivity contribution is 6.40. The SMILES string of the molecule is O=C(Nc1ccc(OC(F)(F)F)cc1)C1=NN(c2cccc(Cl)c2)C(c2ccccc2)CO1. The Balaban J connectivity index is 1.56. The Bertz CT molecular complexity index is 1150. The van der Waals surface area contributed by atoms with Crippen molar-refractivity contribution in [1.82, 2.24) is 0 Å². The summed E-state index contributed by atoms with van der Waals surface area (Å²) >= 11 is 6.15. The highest BCUT2D eigenvalue weighted by Gasteiger charge is 2.32. The average molecular weight is 476 g/mol. The Kier molecular flexibility index (Phi) is 6.41. The number of carbonyl (C=O) groups is 1. The van der Waals surface area contributed by atoms with Gasteiger partial charge in [0.2, 0.25) is 0 Å². The van der Waals surface area contributed by atoms with E-state index < -0.39 is 18.0 Å². The van der Waals surface area contributed by atoms with Crippen LogP contribution in [0.3, 0.4) is 0 Å². The summed E-state index contributed by atoms with van der Waals surface area (Å²) in [6.45, 7) is 0.140. The zero-order chi connectivity index (χ0) is 23.4. The number of hydrogen-bond donors (Lipinski definition) is 1. The second-order valence-corrected chi connectivity index (χ2v) is 7.43. The first-order chi connectivity index (χ1) is 15.8. The van der Waals surface area contributed by atoms with E-state index in [0.717, 1.165) is 17.7 Å². The van der Waals surface area contributed by atoms with Crippen LogP contribution in [0.4, 0.5) is 24.5 Å². The van der Waals surface area contributed by atoms with Gasteiger partial charge in [-0.25, -0.2) is 0 Å². The lowest BCUT2D eigenvalue weighted by Crippen LogP contribution is -2.39. The highest BCUT2D eigenvalue weighted by atomic mass is 35.5. The number of nitrogens with zero attached hydrogens (tertiary/aromatic N) is 2. The van der Waals surface area contributed by atoms with Crippen LogP contribution in [0.5, 0.6) is 5.75 Å². The van der Waals surface area contributed by atoms with Gasteiger partial charge in [-0.1, -0.05) is 48.0 Å². The predicted octanol–water partition coefficient (Wildman–Crippen LogP) is 5.77. The van der Waals surface area contributed by atoms with Gasteiger partial charge in [-0.3, -0.25) is 9.80 Å². The van der Waals surface area contributed by atoms with E-state index in [0.29, 0.717) is 10.7 Å². The minimum absolute atomic E-state index is 0.140. The molecule has 10 heteroatoms. The molecule has 1 N–H and O–H groups in total. The quantitative estimate of drug-likeness (QED) is 0.509. The highest BCUT2D eigenvalue weighted by Crippen LogP contribution is 2.32. The molecule has 1 aliphatic rings. The molecule has 0 fully saturated rings. The van der Waals surface area contributed by atoms with E-state index in [1.807, 2.05) is 36.4 Å². The first-order valence-corrected chi connectivity index (χ1v) is 10.1. The van der Waals surface area contributed by atoms with Crippen molar-refractivity contribution in [2.75, 3.05) is 16.9 Å². The molecule has 3 aromatic rings. The van der Waals surface area contributed by atoms with Crippen molar-refractivity contribution in [1.29, 1.82) is 0 Å². The zero-order valence-electron chi connectivity index (χ0n) is 16.9. The Hall–Kier alpha value is -3.72. The first-order valence-electron chi connectivity index (χ1n) is 9.77. The number of carbonyl (C=O) groups excluding carboxylic acids is 1. The molecular weight excluding hydrogens is 459 g/mol. The van der Waals surface area contributed by atoms with Crippen molar-refractivity contribution in [3.63, 3.8) is 0 Å². The van der Waals surface area contributed by atoms with Gasteiger partial charge in [0, 0.05) is 10.7 Å². The topological polar surface area (TPSA) is 63.2 Å². The molecule has 6 nitrogen and oxygen atoms in total. The number of benzene rings is 3. The summed E-state index contributed by atoms with van der Waals surface area (Å²) in [5, 5.41) is 9.11. The van der Waals surface area contributed by atoms with Crippen LogP contribution in [-0.4, -0.2) is 24.8 Å². The number of nitrogens with one attached hydrogen (secondary N) is 1. The van der Waals surface area contributed by atoms with Crippen molar-refractivity contribution in [2.45, 2.75) is 12.4 Å². The van der Waals surface area contributed by atoms with Crippen molar-refractivity contribution < 1.29 is 27.4 Å². The van der Waals surface area contributed by atoms with E-state index in [1.54, 1.807) is 23.2 Å². The molecule has 1 atom stereocenters. The average Bonchev–Trinajstić information content (AvgIpc) is 2.79. The van der Waals surface area contributed by atoms with E-state index in [-0.39, 0.29) is 24.2 Å². The second kappa shape index (κ2) is 9.41. The Morgan fingerprint density at radius 2 is 1.79 bits per heavy atom. The van der Waals surface area contributed by atoms with Crippen LogP contribution < -0.4 is 15.1 Å². The van der Waals surface area contributed by atoms with Gasteiger partial charge in [-0.2, -0.15) is 0 Å². The van der Waals surface area contributed by atoms with E-state index in [2.05, 4.69) is 15.2 Å². The number of alkyl halides is 3. The maximum Gasteiger partial charge on any atom is 0.573 e. The van der Waals surface area contributed by atoms with Crippen LogP contribution in [-0.2, 0) is 9.53 Å². The maximum atomic E-state index is 12.7. The van der Waals surface area contributed by atoms with Crippen LogP contribution >= 0.6 is 11.6 Å². The minimum Gasteiger partial charge on any atom is -0.470 e. The number of rotatable bonds is 5. The number of halogens is 4. The summed E-state index contributed by atoms with van der Waals surface area (Å²) < 4.78 is 46.4. The number of ether oxygens (including phenoxy) is 2. The van der Waals surface area contributed by atoms with E-state index in [1.165, 1.54) is 12.1 Å². The van der Waals surface area contributed by atoms with Gasteiger partial charge >= 0.3 is 12.3 Å². The number of amides is 1. The lowest BCUT2D eigenvalue weighted by molar-refractivity contribution is -0.274. The molecule has 0 saturated carbocycles. The normalized spacial score (nSPS) is 15.9. The first kappa shape index (κ1) is 22.5.